The summed E-state index contributed by atoms with van der Waals surface area (Å²) in [4.78, 5) is 14.4. The maximum Gasteiger partial charge on any atom is 0.317 e. The number of piperazine rings is 1. The topological polar surface area (TPSA) is 79.0 Å². The van der Waals surface area contributed by atoms with Crippen LogP contribution < -0.4 is 10.1 Å². The molecule has 30 heavy (non-hydrogen) atoms. The van der Waals surface area contributed by atoms with Gasteiger partial charge in [0.2, 0.25) is 10.0 Å². The van der Waals surface area contributed by atoms with E-state index in [4.69, 9.17) is 16.3 Å². The summed E-state index contributed by atoms with van der Waals surface area (Å²) in [5.74, 6) is 0.759. The van der Waals surface area contributed by atoms with Crippen molar-refractivity contribution in [2.45, 2.75) is 24.8 Å². The van der Waals surface area contributed by atoms with Crippen LogP contribution in [0.1, 0.15) is 25.5 Å². The molecule has 0 aromatic heterocycles. The highest BCUT2D eigenvalue weighted by atomic mass is 35.5. The lowest BCUT2D eigenvalue weighted by molar-refractivity contribution is 0.169. The molecule has 2 amide bonds. The Balaban J connectivity index is 1.59. The molecule has 2 aromatic carbocycles. The number of urea groups is 1. The van der Waals surface area contributed by atoms with Crippen LogP contribution in [-0.2, 0) is 10.0 Å². The lowest BCUT2D eigenvalue weighted by Gasteiger charge is -2.34. The van der Waals surface area contributed by atoms with Gasteiger partial charge in [0, 0.05) is 26.2 Å². The molecule has 1 fully saturated rings. The molecule has 1 atom stereocenters. The van der Waals surface area contributed by atoms with Crippen LogP contribution in [0.5, 0.6) is 5.75 Å². The number of carbonyl (C=O) groups is 1. The summed E-state index contributed by atoms with van der Waals surface area (Å²) in [6.45, 7) is 5.45. The molecule has 1 unspecified atom stereocenters. The maximum atomic E-state index is 12.8. The van der Waals surface area contributed by atoms with E-state index in [9.17, 15) is 13.2 Å². The van der Waals surface area contributed by atoms with Gasteiger partial charge in [0.05, 0.1) is 17.7 Å². The number of nitrogens with zero attached hydrogens (tertiary/aromatic N) is 2. The first-order valence-corrected chi connectivity index (χ1v) is 11.7. The van der Waals surface area contributed by atoms with Gasteiger partial charge in [-0.3, -0.25) is 0 Å². The number of carbonyl (C=O) groups excluding carboxylic acids is 1. The molecule has 1 aliphatic rings. The molecule has 1 saturated heterocycles. The molecule has 0 aliphatic carbocycles. The van der Waals surface area contributed by atoms with E-state index in [1.165, 1.54) is 10.4 Å². The van der Waals surface area contributed by atoms with E-state index < -0.39 is 10.0 Å². The first-order chi connectivity index (χ1) is 14.3. The number of amides is 2. The third-order valence-electron chi connectivity index (χ3n) is 4.99. The third kappa shape index (κ3) is 5.06. The van der Waals surface area contributed by atoms with Crippen LogP contribution in [0, 0.1) is 0 Å². The SMILES string of the molecule is CCOc1cccc(C(C)NC(=O)N2CCN(S(=O)(=O)c3ccccc3Cl)CC2)c1. The fraction of sp³-hybridized carbons (Fsp3) is 0.381. The number of nitrogens with one attached hydrogen (secondary N) is 1. The normalized spacial score (nSPS) is 16.2. The largest absolute Gasteiger partial charge is 0.494 e. The summed E-state index contributed by atoms with van der Waals surface area (Å²) in [5, 5.41) is 3.17. The molecule has 0 saturated carbocycles. The number of rotatable bonds is 6. The lowest BCUT2D eigenvalue weighted by atomic mass is 10.1. The average Bonchev–Trinajstić information content (AvgIpc) is 2.74. The molecule has 7 nitrogen and oxygen atoms in total. The van der Waals surface area contributed by atoms with E-state index in [1.807, 2.05) is 38.1 Å². The fourth-order valence-corrected chi connectivity index (χ4v) is 5.24. The Bertz CT molecular complexity index is 991. The zero-order valence-corrected chi connectivity index (χ0v) is 18.6. The molecule has 1 N–H and O–H groups in total. The average molecular weight is 452 g/mol. The van der Waals surface area contributed by atoms with Crippen molar-refractivity contribution in [3.63, 3.8) is 0 Å². The highest BCUT2D eigenvalue weighted by Crippen LogP contribution is 2.25. The number of ether oxygens (including phenoxy) is 1. The molecular weight excluding hydrogens is 426 g/mol. The monoisotopic (exact) mass is 451 g/mol. The zero-order valence-electron chi connectivity index (χ0n) is 17.0. The van der Waals surface area contributed by atoms with Crippen molar-refractivity contribution in [1.29, 1.82) is 0 Å². The molecule has 0 bridgehead atoms. The van der Waals surface area contributed by atoms with E-state index in [0.717, 1.165) is 11.3 Å². The molecule has 3 rings (SSSR count). The maximum absolute atomic E-state index is 12.8. The molecular formula is C21H26ClN3O4S. The predicted octanol–water partition coefficient (Wildman–Crippen LogP) is 3.52. The smallest absolute Gasteiger partial charge is 0.317 e. The van der Waals surface area contributed by atoms with Gasteiger partial charge in [-0.05, 0) is 43.7 Å². The number of halogens is 1. The van der Waals surface area contributed by atoms with Crippen LogP contribution in [0.25, 0.3) is 0 Å². The van der Waals surface area contributed by atoms with Crippen LogP contribution in [0.2, 0.25) is 5.02 Å². The second-order valence-electron chi connectivity index (χ2n) is 7.00. The third-order valence-corrected chi connectivity index (χ3v) is 7.39. The highest BCUT2D eigenvalue weighted by Gasteiger charge is 2.31. The van der Waals surface area contributed by atoms with Gasteiger partial charge in [-0.15, -0.1) is 0 Å². The molecule has 2 aromatic rings. The van der Waals surface area contributed by atoms with Gasteiger partial charge >= 0.3 is 6.03 Å². The standard InChI is InChI=1S/C21H26ClN3O4S/c1-3-29-18-8-6-7-17(15-18)16(2)23-21(26)24-11-13-25(14-12-24)30(27,28)20-10-5-4-9-19(20)22/h4-10,15-16H,3,11-14H2,1-2H3,(H,23,26). The number of hydrogen-bond acceptors (Lipinski definition) is 4. The first kappa shape index (κ1) is 22.4. The van der Waals surface area contributed by atoms with Gasteiger partial charge in [0.15, 0.2) is 0 Å². The Labute approximate surface area is 182 Å². The molecule has 1 heterocycles. The van der Waals surface area contributed by atoms with E-state index in [1.54, 1.807) is 23.1 Å². The van der Waals surface area contributed by atoms with Crippen molar-refractivity contribution in [2.75, 3.05) is 32.8 Å². The summed E-state index contributed by atoms with van der Waals surface area (Å²) in [7, 11) is -3.69. The van der Waals surface area contributed by atoms with Crippen LogP contribution in [0.3, 0.4) is 0 Å². The summed E-state index contributed by atoms with van der Waals surface area (Å²) in [6.07, 6.45) is 0. The minimum atomic E-state index is -3.69. The van der Waals surface area contributed by atoms with E-state index in [-0.39, 0.29) is 35.1 Å². The predicted molar refractivity (Wildman–Crippen MR) is 116 cm³/mol. The van der Waals surface area contributed by atoms with Crippen molar-refractivity contribution in [3.05, 3.63) is 59.1 Å². The van der Waals surface area contributed by atoms with Gasteiger partial charge in [0.25, 0.3) is 0 Å². The van der Waals surface area contributed by atoms with Crippen molar-refractivity contribution in [1.82, 2.24) is 14.5 Å². The van der Waals surface area contributed by atoms with Crippen molar-refractivity contribution in [2.24, 2.45) is 0 Å². The lowest BCUT2D eigenvalue weighted by Crippen LogP contribution is -2.53. The van der Waals surface area contributed by atoms with E-state index in [0.29, 0.717) is 19.7 Å². The molecule has 1 aliphatic heterocycles. The Hall–Kier alpha value is -2.29. The Morgan fingerprint density at radius 3 is 2.50 bits per heavy atom. The zero-order chi connectivity index (χ0) is 21.7. The second-order valence-corrected chi connectivity index (χ2v) is 9.31. The van der Waals surface area contributed by atoms with Crippen molar-refractivity contribution >= 4 is 27.7 Å². The minimum absolute atomic E-state index is 0.0902. The summed E-state index contributed by atoms with van der Waals surface area (Å²) in [5.41, 5.74) is 0.939. The Kier molecular flexibility index (Phi) is 7.23. The van der Waals surface area contributed by atoms with Gasteiger partial charge in [-0.1, -0.05) is 35.9 Å². The van der Waals surface area contributed by atoms with E-state index >= 15 is 0 Å². The number of sulfonamides is 1. The van der Waals surface area contributed by atoms with Crippen LogP contribution in [-0.4, -0.2) is 56.4 Å². The summed E-state index contributed by atoms with van der Waals surface area (Å²) in [6, 6.07) is 13.6. The molecule has 9 heteroatoms. The van der Waals surface area contributed by atoms with Crippen molar-refractivity contribution < 1.29 is 17.9 Å². The second kappa shape index (κ2) is 9.68. The van der Waals surface area contributed by atoms with Gasteiger partial charge in [-0.2, -0.15) is 4.31 Å². The number of benzene rings is 2. The van der Waals surface area contributed by atoms with Crippen LogP contribution >= 0.6 is 11.6 Å². The minimum Gasteiger partial charge on any atom is -0.494 e. The quantitative estimate of drug-likeness (QED) is 0.728. The summed E-state index contributed by atoms with van der Waals surface area (Å²) < 4.78 is 32.6. The summed E-state index contributed by atoms with van der Waals surface area (Å²) >= 11 is 6.06. The van der Waals surface area contributed by atoms with Gasteiger partial charge < -0.3 is 15.0 Å². The molecule has 162 valence electrons. The number of hydrogen-bond donors (Lipinski definition) is 1. The van der Waals surface area contributed by atoms with Crippen LogP contribution in [0.15, 0.2) is 53.4 Å². The fourth-order valence-electron chi connectivity index (χ4n) is 3.32. The molecule has 0 spiro atoms. The first-order valence-electron chi connectivity index (χ1n) is 9.85. The highest BCUT2D eigenvalue weighted by molar-refractivity contribution is 7.89. The van der Waals surface area contributed by atoms with Gasteiger partial charge in [0.1, 0.15) is 10.6 Å². The van der Waals surface area contributed by atoms with Crippen LogP contribution in [0.4, 0.5) is 4.79 Å². The Morgan fingerprint density at radius 1 is 1.13 bits per heavy atom. The molecule has 0 radical (unpaired) electrons. The van der Waals surface area contributed by atoms with Crippen molar-refractivity contribution in [3.8, 4) is 5.75 Å². The Morgan fingerprint density at radius 2 is 1.83 bits per heavy atom. The van der Waals surface area contributed by atoms with E-state index in [2.05, 4.69) is 5.32 Å². The van der Waals surface area contributed by atoms with Gasteiger partial charge in [-0.25, -0.2) is 13.2 Å².